The number of aliphatic imine (C=N–C) groups is 1. The molecule has 1 atom stereocenters. The summed E-state index contributed by atoms with van der Waals surface area (Å²) in [4.78, 5) is 41.3. The molecule has 1 heterocycles. The van der Waals surface area contributed by atoms with Gasteiger partial charge in [-0.2, -0.15) is 0 Å². The van der Waals surface area contributed by atoms with E-state index in [0.29, 0.717) is 24.0 Å². The van der Waals surface area contributed by atoms with Gasteiger partial charge >= 0.3 is 5.97 Å². The van der Waals surface area contributed by atoms with Crippen LogP contribution < -0.4 is 27.4 Å². The van der Waals surface area contributed by atoms with E-state index in [0.717, 1.165) is 24.3 Å². The lowest BCUT2D eigenvalue weighted by Crippen LogP contribution is -2.39. The first-order valence-electron chi connectivity index (χ1n) is 11.1. The maximum Gasteiger partial charge on any atom is 0.320 e. The van der Waals surface area contributed by atoms with Crippen LogP contribution in [0, 0.1) is 5.92 Å². The molecule has 2 amide bonds. The summed E-state index contributed by atoms with van der Waals surface area (Å²) in [6.45, 7) is 1.74. The van der Waals surface area contributed by atoms with Gasteiger partial charge in [0.1, 0.15) is 6.04 Å². The molecule has 180 valence electrons. The highest BCUT2D eigenvalue weighted by molar-refractivity contribution is 6.05. The van der Waals surface area contributed by atoms with Crippen LogP contribution in [0.2, 0.25) is 0 Å². The first kappa shape index (κ1) is 24.7. The number of nitrogens with two attached hydrogens (primary N) is 3. The minimum absolute atomic E-state index is 0.00999. The highest BCUT2D eigenvalue weighted by Gasteiger charge is 2.24. The van der Waals surface area contributed by atoms with E-state index in [4.69, 9.17) is 22.3 Å². The van der Waals surface area contributed by atoms with E-state index in [-0.39, 0.29) is 30.8 Å². The van der Waals surface area contributed by atoms with Crippen LogP contribution in [0.5, 0.6) is 0 Å². The van der Waals surface area contributed by atoms with Crippen molar-refractivity contribution >= 4 is 29.4 Å². The molecule has 0 unspecified atom stereocenters. The van der Waals surface area contributed by atoms with Gasteiger partial charge in [-0.25, -0.2) is 4.99 Å². The third-order valence-corrected chi connectivity index (χ3v) is 5.88. The van der Waals surface area contributed by atoms with Crippen LogP contribution in [-0.2, 0) is 22.6 Å². The Morgan fingerprint density at radius 2 is 1.71 bits per heavy atom. The fraction of sp³-hybridized carbons (Fsp3) is 0.333. The molecule has 1 aliphatic rings. The standard InChI is InChI=1S/C24H30N6O4/c25-19(23(33)34)13-15-5-7-17(8-6-15)22(32)29-24(27)28-14-18-3-1-2-4-20(18)30-11-9-16(10-12-30)21(26)31/h1-8,16,19H,9-14,25H2,(H2,26,31)(H,33,34)(H3,27,28,29,32)/t19-/m0/s1. The number of guanidine groups is 1. The number of rotatable bonds is 8. The second-order valence-electron chi connectivity index (χ2n) is 8.29. The molecule has 0 radical (unpaired) electrons. The van der Waals surface area contributed by atoms with Gasteiger partial charge in [0.05, 0.1) is 6.54 Å². The molecule has 34 heavy (non-hydrogen) atoms. The van der Waals surface area contributed by atoms with Crippen molar-refractivity contribution in [3.63, 3.8) is 0 Å². The van der Waals surface area contributed by atoms with Crippen molar-refractivity contribution < 1.29 is 19.5 Å². The van der Waals surface area contributed by atoms with Gasteiger partial charge in [0.25, 0.3) is 5.91 Å². The number of aliphatic carboxylic acids is 1. The van der Waals surface area contributed by atoms with Crippen LogP contribution in [0.25, 0.3) is 0 Å². The largest absolute Gasteiger partial charge is 0.480 e. The molecule has 3 rings (SSSR count). The van der Waals surface area contributed by atoms with Gasteiger partial charge in [-0.05, 0) is 48.6 Å². The zero-order valence-corrected chi connectivity index (χ0v) is 18.8. The molecule has 2 aromatic carbocycles. The third-order valence-electron chi connectivity index (χ3n) is 5.88. The van der Waals surface area contributed by atoms with Gasteiger partial charge in [-0.15, -0.1) is 0 Å². The number of nitrogens with zero attached hydrogens (tertiary/aromatic N) is 2. The Bertz CT molecular complexity index is 1060. The zero-order chi connectivity index (χ0) is 24.7. The zero-order valence-electron chi connectivity index (χ0n) is 18.8. The van der Waals surface area contributed by atoms with E-state index in [2.05, 4.69) is 15.2 Å². The Morgan fingerprint density at radius 1 is 1.06 bits per heavy atom. The number of piperidine rings is 1. The van der Waals surface area contributed by atoms with Crippen LogP contribution in [0.1, 0.15) is 34.3 Å². The Balaban J connectivity index is 1.59. The Morgan fingerprint density at radius 3 is 2.32 bits per heavy atom. The van der Waals surface area contributed by atoms with E-state index in [1.165, 1.54) is 0 Å². The molecule has 10 nitrogen and oxygen atoms in total. The van der Waals surface area contributed by atoms with E-state index >= 15 is 0 Å². The number of primary amides is 1. The van der Waals surface area contributed by atoms with Gasteiger partial charge in [0, 0.05) is 30.3 Å². The molecule has 0 spiro atoms. The number of carboxylic acids is 1. The number of benzene rings is 2. The summed E-state index contributed by atoms with van der Waals surface area (Å²) in [7, 11) is 0. The van der Waals surface area contributed by atoms with Crippen LogP contribution in [0.15, 0.2) is 53.5 Å². The van der Waals surface area contributed by atoms with Gasteiger partial charge in [0.2, 0.25) is 5.91 Å². The molecule has 1 saturated heterocycles. The summed E-state index contributed by atoms with van der Waals surface area (Å²) in [5.74, 6) is -1.85. The molecule has 0 aromatic heterocycles. The fourth-order valence-corrected chi connectivity index (χ4v) is 3.89. The summed E-state index contributed by atoms with van der Waals surface area (Å²) in [5, 5.41) is 11.5. The molecular weight excluding hydrogens is 436 g/mol. The third kappa shape index (κ3) is 6.55. The Hall–Kier alpha value is -3.92. The number of carbonyl (C=O) groups excluding carboxylic acids is 2. The molecule has 1 aliphatic heterocycles. The topological polar surface area (TPSA) is 177 Å². The summed E-state index contributed by atoms with van der Waals surface area (Å²) in [6, 6.07) is 13.3. The van der Waals surface area contributed by atoms with Crippen LogP contribution in [0.4, 0.5) is 5.69 Å². The lowest BCUT2D eigenvalue weighted by atomic mass is 9.95. The maximum absolute atomic E-state index is 12.5. The number of anilines is 1. The highest BCUT2D eigenvalue weighted by Crippen LogP contribution is 2.26. The van der Waals surface area contributed by atoms with Crippen LogP contribution >= 0.6 is 0 Å². The van der Waals surface area contributed by atoms with E-state index in [1.54, 1.807) is 24.3 Å². The summed E-state index contributed by atoms with van der Waals surface area (Å²) in [5.41, 5.74) is 20.0. The number of amides is 2. The normalized spacial score (nSPS) is 15.6. The number of hydrogen-bond donors (Lipinski definition) is 5. The van der Waals surface area contributed by atoms with E-state index < -0.39 is 17.9 Å². The number of nitrogens with one attached hydrogen (secondary N) is 1. The lowest BCUT2D eigenvalue weighted by molar-refractivity contribution is -0.138. The molecule has 0 bridgehead atoms. The van der Waals surface area contributed by atoms with Gasteiger partial charge < -0.3 is 27.2 Å². The predicted octanol–water partition coefficient (Wildman–Crippen LogP) is 0.587. The monoisotopic (exact) mass is 466 g/mol. The molecule has 1 fully saturated rings. The number of carbonyl (C=O) groups is 3. The van der Waals surface area contributed by atoms with Gasteiger partial charge in [-0.1, -0.05) is 30.3 Å². The quantitative estimate of drug-likeness (QED) is 0.279. The average molecular weight is 467 g/mol. The molecule has 8 N–H and O–H groups in total. The summed E-state index contributed by atoms with van der Waals surface area (Å²) >= 11 is 0. The van der Waals surface area contributed by atoms with Crippen molar-refractivity contribution in [1.82, 2.24) is 5.32 Å². The average Bonchev–Trinajstić information content (AvgIpc) is 2.83. The molecule has 2 aromatic rings. The lowest BCUT2D eigenvalue weighted by Gasteiger charge is -2.33. The van der Waals surface area contributed by atoms with Crippen molar-refractivity contribution in [3.05, 3.63) is 65.2 Å². The van der Waals surface area contributed by atoms with Crippen molar-refractivity contribution in [3.8, 4) is 0 Å². The minimum Gasteiger partial charge on any atom is -0.480 e. The second kappa shape index (κ2) is 11.3. The smallest absolute Gasteiger partial charge is 0.320 e. The van der Waals surface area contributed by atoms with Crippen molar-refractivity contribution in [2.75, 3.05) is 18.0 Å². The van der Waals surface area contributed by atoms with Gasteiger partial charge in [-0.3, -0.25) is 19.7 Å². The Labute approximate surface area is 197 Å². The summed E-state index contributed by atoms with van der Waals surface area (Å²) < 4.78 is 0. The maximum atomic E-state index is 12.5. The molecule has 10 heteroatoms. The Kier molecular flexibility index (Phi) is 8.20. The number of carboxylic acid groups (broad SMARTS) is 1. The first-order chi connectivity index (χ1) is 16.2. The fourth-order valence-electron chi connectivity index (χ4n) is 3.89. The van der Waals surface area contributed by atoms with E-state index in [1.807, 2.05) is 24.3 Å². The number of para-hydroxylation sites is 1. The van der Waals surface area contributed by atoms with Crippen LogP contribution in [0.3, 0.4) is 0 Å². The molecule has 0 saturated carbocycles. The SMILES string of the molecule is NC(=O)C1CCN(c2ccccc2CN=C(N)NC(=O)c2ccc(C[C@H](N)C(=O)O)cc2)CC1. The number of hydrogen-bond acceptors (Lipinski definition) is 6. The van der Waals surface area contributed by atoms with E-state index in [9.17, 15) is 14.4 Å². The molecule has 0 aliphatic carbocycles. The molecular formula is C24H30N6O4. The van der Waals surface area contributed by atoms with Crippen molar-refractivity contribution in [2.45, 2.75) is 31.8 Å². The van der Waals surface area contributed by atoms with Gasteiger partial charge in [0.15, 0.2) is 5.96 Å². The minimum atomic E-state index is -1.08. The second-order valence-corrected chi connectivity index (χ2v) is 8.29. The highest BCUT2D eigenvalue weighted by atomic mass is 16.4. The van der Waals surface area contributed by atoms with Crippen LogP contribution in [-0.4, -0.2) is 48.0 Å². The van der Waals surface area contributed by atoms with Crippen molar-refractivity contribution in [2.24, 2.45) is 28.1 Å². The first-order valence-corrected chi connectivity index (χ1v) is 11.1. The van der Waals surface area contributed by atoms with Crippen molar-refractivity contribution in [1.29, 1.82) is 0 Å². The summed E-state index contributed by atoms with van der Waals surface area (Å²) in [6.07, 6.45) is 1.60. The predicted molar refractivity (Wildman–Crippen MR) is 129 cm³/mol.